The normalized spacial score (nSPS) is 14.1. The van der Waals surface area contributed by atoms with Gasteiger partial charge in [0.25, 0.3) is 0 Å². The zero-order chi connectivity index (χ0) is 14.2. The van der Waals surface area contributed by atoms with E-state index in [-0.39, 0.29) is 0 Å². The highest BCUT2D eigenvalue weighted by atomic mass is 32.2. The maximum atomic E-state index is 12.1. The van der Waals surface area contributed by atoms with Gasteiger partial charge in [-0.25, -0.2) is 13.1 Å². The van der Waals surface area contributed by atoms with Crippen molar-refractivity contribution >= 4 is 21.4 Å². The first-order valence-electron chi connectivity index (χ1n) is 6.35. The van der Waals surface area contributed by atoms with Gasteiger partial charge in [-0.1, -0.05) is 12.1 Å². The molecule has 1 aromatic carbocycles. The molecule has 1 aliphatic rings. The summed E-state index contributed by atoms with van der Waals surface area (Å²) in [4.78, 5) is 0.986. The third-order valence-corrected chi connectivity index (χ3v) is 6.09. The Balaban J connectivity index is 1.73. The summed E-state index contributed by atoms with van der Waals surface area (Å²) in [7, 11) is -3.41. The third-order valence-electron chi connectivity index (χ3n) is 3.20. The van der Waals surface area contributed by atoms with Crippen LogP contribution < -0.4 is 9.46 Å². The second-order valence-electron chi connectivity index (χ2n) is 4.73. The molecule has 0 amide bonds. The number of aryl methyl sites for hydroxylation is 1. The molecular formula is C14H15NO3S2. The summed E-state index contributed by atoms with van der Waals surface area (Å²) in [5.74, 6) is 0.908. The highest BCUT2D eigenvalue weighted by Gasteiger charge is 2.17. The van der Waals surface area contributed by atoms with E-state index in [2.05, 4.69) is 4.72 Å². The van der Waals surface area contributed by atoms with Crippen LogP contribution in [0.5, 0.6) is 5.75 Å². The van der Waals surface area contributed by atoms with Gasteiger partial charge in [0.05, 0.1) is 6.61 Å². The molecule has 106 valence electrons. The zero-order valence-electron chi connectivity index (χ0n) is 11.0. The Morgan fingerprint density at radius 2 is 2.15 bits per heavy atom. The average molecular weight is 309 g/mol. The lowest BCUT2D eigenvalue weighted by atomic mass is 10.1. The molecule has 1 aromatic heterocycles. The van der Waals surface area contributed by atoms with Crippen molar-refractivity contribution in [3.05, 3.63) is 46.3 Å². The van der Waals surface area contributed by atoms with Crippen molar-refractivity contribution < 1.29 is 13.2 Å². The van der Waals surface area contributed by atoms with Crippen LogP contribution in [0.4, 0.5) is 0 Å². The Morgan fingerprint density at radius 3 is 2.90 bits per heavy atom. The van der Waals surface area contributed by atoms with E-state index in [1.807, 2.05) is 31.2 Å². The van der Waals surface area contributed by atoms with E-state index in [1.165, 1.54) is 11.3 Å². The van der Waals surface area contributed by atoms with E-state index in [0.29, 0.717) is 17.4 Å². The number of ether oxygens (including phenoxy) is 1. The summed E-state index contributed by atoms with van der Waals surface area (Å²) in [6.07, 6.45) is 0.889. The van der Waals surface area contributed by atoms with E-state index in [4.69, 9.17) is 4.74 Å². The average Bonchev–Trinajstić information content (AvgIpc) is 3.04. The van der Waals surface area contributed by atoms with E-state index < -0.39 is 10.0 Å². The summed E-state index contributed by atoms with van der Waals surface area (Å²) in [5.41, 5.74) is 2.10. The summed E-state index contributed by atoms with van der Waals surface area (Å²) >= 11 is 1.28. The minimum absolute atomic E-state index is 0.298. The molecule has 1 N–H and O–H groups in total. The molecule has 2 aromatic rings. The van der Waals surface area contributed by atoms with Crippen LogP contribution in [0.3, 0.4) is 0 Å². The quantitative estimate of drug-likeness (QED) is 0.944. The number of sulfonamides is 1. The Kier molecular flexibility index (Phi) is 3.54. The topological polar surface area (TPSA) is 55.4 Å². The van der Waals surface area contributed by atoms with Gasteiger partial charge in [-0.15, -0.1) is 11.3 Å². The number of rotatable bonds is 4. The van der Waals surface area contributed by atoms with Crippen molar-refractivity contribution in [2.24, 2.45) is 0 Å². The molecule has 6 heteroatoms. The van der Waals surface area contributed by atoms with Crippen molar-refractivity contribution in [1.29, 1.82) is 0 Å². The first-order valence-corrected chi connectivity index (χ1v) is 8.65. The van der Waals surface area contributed by atoms with Gasteiger partial charge in [0, 0.05) is 17.8 Å². The molecule has 1 aliphatic heterocycles. The molecule has 0 aliphatic carbocycles. The van der Waals surface area contributed by atoms with Crippen LogP contribution >= 0.6 is 11.3 Å². The van der Waals surface area contributed by atoms with E-state index in [1.54, 1.807) is 6.07 Å². The highest BCUT2D eigenvalue weighted by Crippen LogP contribution is 2.26. The molecule has 3 rings (SSSR count). The lowest BCUT2D eigenvalue weighted by Gasteiger charge is -2.06. The van der Waals surface area contributed by atoms with Gasteiger partial charge in [0.1, 0.15) is 9.96 Å². The molecule has 0 spiro atoms. The fourth-order valence-electron chi connectivity index (χ4n) is 2.16. The maximum Gasteiger partial charge on any atom is 0.250 e. The second kappa shape index (κ2) is 5.20. The molecule has 2 heterocycles. The summed E-state index contributed by atoms with van der Waals surface area (Å²) in [6, 6.07) is 9.25. The van der Waals surface area contributed by atoms with Gasteiger partial charge in [-0.3, -0.25) is 0 Å². The predicted molar refractivity (Wildman–Crippen MR) is 78.7 cm³/mol. The Bertz CT molecular complexity index is 735. The van der Waals surface area contributed by atoms with Crippen molar-refractivity contribution in [2.45, 2.75) is 24.1 Å². The molecule has 0 bridgehead atoms. The number of hydrogen-bond donors (Lipinski definition) is 1. The molecule has 0 saturated heterocycles. The minimum atomic E-state index is -3.41. The molecule has 0 saturated carbocycles. The van der Waals surface area contributed by atoms with Gasteiger partial charge < -0.3 is 4.74 Å². The maximum absolute atomic E-state index is 12.1. The van der Waals surface area contributed by atoms with Crippen molar-refractivity contribution in [3.63, 3.8) is 0 Å². The Morgan fingerprint density at radius 1 is 1.30 bits per heavy atom. The fraction of sp³-hybridized carbons (Fsp3) is 0.286. The SMILES string of the molecule is Cc1ccc(S(=O)(=O)NCc2ccc3c(c2)CCO3)s1. The largest absolute Gasteiger partial charge is 0.493 e. The zero-order valence-corrected chi connectivity index (χ0v) is 12.7. The standard InChI is InChI=1S/C14H15NO3S2/c1-10-2-5-14(19-10)20(16,17)15-9-11-3-4-13-12(8-11)6-7-18-13/h2-5,8,15H,6-7,9H2,1H3. The Labute approximate surface area is 122 Å². The van der Waals surface area contributed by atoms with Gasteiger partial charge in [-0.2, -0.15) is 0 Å². The van der Waals surface area contributed by atoms with Crippen LogP contribution in [-0.4, -0.2) is 15.0 Å². The van der Waals surface area contributed by atoms with Gasteiger partial charge >= 0.3 is 0 Å². The van der Waals surface area contributed by atoms with Crippen LogP contribution in [0.1, 0.15) is 16.0 Å². The Hall–Kier alpha value is -1.37. The number of hydrogen-bond acceptors (Lipinski definition) is 4. The van der Waals surface area contributed by atoms with Crippen LogP contribution in [0, 0.1) is 6.92 Å². The highest BCUT2D eigenvalue weighted by molar-refractivity contribution is 7.91. The molecule has 20 heavy (non-hydrogen) atoms. The van der Waals surface area contributed by atoms with Crippen LogP contribution in [-0.2, 0) is 23.0 Å². The molecular weight excluding hydrogens is 294 g/mol. The smallest absolute Gasteiger partial charge is 0.250 e. The van der Waals surface area contributed by atoms with Crippen molar-refractivity contribution in [3.8, 4) is 5.75 Å². The molecule has 0 unspecified atom stereocenters. The van der Waals surface area contributed by atoms with Crippen LogP contribution in [0.25, 0.3) is 0 Å². The lowest BCUT2D eigenvalue weighted by molar-refractivity contribution is 0.357. The van der Waals surface area contributed by atoms with Crippen LogP contribution in [0.15, 0.2) is 34.5 Å². The van der Waals surface area contributed by atoms with E-state index >= 15 is 0 Å². The number of nitrogens with one attached hydrogen (secondary N) is 1. The van der Waals surface area contributed by atoms with Gasteiger partial charge in [-0.05, 0) is 36.2 Å². The summed E-state index contributed by atoms with van der Waals surface area (Å²) in [5, 5.41) is 0. The molecule has 0 atom stereocenters. The number of thiophene rings is 1. The first kappa shape index (κ1) is 13.6. The predicted octanol–water partition coefficient (Wildman–Crippen LogP) is 2.47. The van der Waals surface area contributed by atoms with E-state index in [9.17, 15) is 8.42 Å². The fourth-order valence-corrected chi connectivity index (χ4v) is 4.50. The molecule has 0 radical (unpaired) electrons. The monoisotopic (exact) mass is 309 g/mol. The van der Waals surface area contributed by atoms with Crippen molar-refractivity contribution in [1.82, 2.24) is 4.72 Å². The first-order chi connectivity index (χ1) is 9.54. The molecule has 0 fully saturated rings. The second-order valence-corrected chi connectivity index (χ2v) is 8.01. The third kappa shape index (κ3) is 2.72. The van der Waals surface area contributed by atoms with Crippen molar-refractivity contribution in [2.75, 3.05) is 6.61 Å². The number of benzene rings is 1. The van der Waals surface area contributed by atoms with Gasteiger partial charge in [0.15, 0.2) is 0 Å². The van der Waals surface area contributed by atoms with Crippen LogP contribution in [0.2, 0.25) is 0 Å². The number of fused-ring (bicyclic) bond motifs is 1. The lowest BCUT2D eigenvalue weighted by Crippen LogP contribution is -2.22. The summed E-state index contributed by atoms with van der Waals surface area (Å²) < 4.78 is 32.7. The van der Waals surface area contributed by atoms with Gasteiger partial charge in [0.2, 0.25) is 10.0 Å². The minimum Gasteiger partial charge on any atom is -0.493 e. The molecule has 4 nitrogen and oxygen atoms in total. The summed E-state index contributed by atoms with van der Waals surface area (Å²) in [6.45, 7) is 2.90. The van der Waals surface area contributed by atoms with E-state index in [0.717, 1.165) is 28.2 Å².